The third-order valence-electron chi connectivity index (χ3n) is 2.94. The maximum atomic E-state index is 12.9. The summed E-state index contributed by atoms with van der Waals surface area (Å²) in [5, 5.41) is 3.37. The number of hydrogen-bond acceptors (Lipinski definition) is 2. The zero-order valence-corrected chi connectivity index (χ0v) is 12.2. The molecule has 5 nitrogen and oxygen atoms in total. The summed E-state index contributed by atoms with van der Waals surface area (Å²) in [6, 6.07) is 9.29. The molecule has 0 aliphatic rings. The molecule has 0 saturated heterocycles. The Morgan fingerprint density at radius 2 is 2.00 bits per heavy atom. The zero-order chi connectivity index (χ0) is 15.4. The van der Waals surface area contributed by atoms with Crippen LogP contribution in [-0.4, -0.2) is 15.7 Å². The second-order valence-electron chi connectivity index (χ2n) is 4.49. The monoisotopic (exact) mass is 306 g/mol. The first-order chi connectivity index (χ1) is 9.97. The lowest BCUT2D eigenvalue weighted by molar-refractivity contribution is 0.0993. The fourth-order valence-electron chi connectivity index (χ4n) is 1.85. The van der Waals surface area contributed by atoms with E-state index in [0.717, 1.165) is 5.56 Å². The summed E-state index contributed by atoms with van der Waals surface area (Å²) < 4.78 is 14.3. The molecule has 0 radical (unpaired) electrons. The molecule has 1 unspecified atom stereocenters. The average molecular weight is 306 g/mol. The van der Waals surface area contributed by atoms with Gasteiger partial charge in [-0.15, -0.1) is 0 Å². The predicted octanol–water partition coefficient (Wildman–Crippen LogP) is 1.91. The van der Waals surface area contributed by atoms with E-state index in [-0.39, 0.29) is 11.9 Å². The van der Waals surface area contributed by atoms with Gasteiger partial charge in [-0.2, -0.15) is 0 Å². The van der Waals surface area contributed by atoms with Crippen LogP contribution in [0.4, 0.5) is 4.39 Å². The molecule has 0 aliphatic heterocycles. The van der Waals surface area contributed by atoms with Gasteiger partial charge in [-0.1, -0.05) is 12.1 Å². The van der Waals surface area contributed by atoms with E-state index < -0.39 is 5.91 Å². The van der Waals surface area contributed by atoms with E-state index in [9.17, 15) is 9.18 Å². The van der Waals surface area contributed by atoms with Crippen LogP contribution in [-0.2, 0) is 0 Å². The molecule has 0 bridgehead atoms. The Balaban J connectivity index is 1.99. The van der Waals surface area contributed by atoms with E-state index >= 15 is 0 Å². The van der Waals surface area contributed by atoms with Crippen LogP contribution in [0.3, 0.4) is 0 Å². The van der Waals surface area contributed by atoms with E-state index in [4.69, 9.17) is 18.0 Å². The fourth-order valence-corrected chi connectivity index (χ4v) is 2.13. The van der Waals surface area contributed by atoms with Crippen molar-refractivity contribution in [3.63, 3.8) is 0 Å². The van der Waals surface area contributed by atoms with Crippen molar-refractivity contribution < 1.29 is 9.18 Å². The van der Waals surface area contributed by atoms with Crippen molar-refractivity contribution >= 4 is 23.2 Å². The smallest absolute Gasteiger partial charge is 0.267 e. The first-order valence-electron chi connectivity index (χ1n) is 6.27. The van der Waals surface area contributed by atoms with Gasteiger partial charge in [0.25, 0.3) is 5.91 Å². The van der Waals surface area contributed by atoms with Gasteiger partial charge in [0, 0.05) is 6.20 Å². The number of halogens is 1. The third-order valence-corrected chi connectivity index (χ3v) is 3.15. The second kappa shape index (κ2) is 6.36. The highest BCUT2D eigenvalue weighted by molar-refractivity contribution is 7.80. The number of primary amides is 1. The predicted molar refractivity (Wildman–Crippen MR) is 82.9 cm³/mol. The van der Waals surface area contributed by atoms with E-state index in [1.54, 1.807) is 30.5 Å². The Bertz CT molecular complexity index is 653. The number of thiocarbonyl (C=S) groups is 1. The van der Waals surface area contributed by atoms with Crippen LogP contribution in [0.5, 0.6) is 0 Å². The molecule has 2 aromatic rings. The Labute approximate surface area is 126 Å². The molecule has 1 aromatic carbocycles. The van der Waals surface area contributed by atoms with E-state index in [2.05, 4.69) is 10.7 Å². The lowest BCUT2D eigenvalue weighted by Gasteiger charge is -2.18. The van der Waals surface area contributed by atoms with Crippen molar-refractivity contribution in [2.24, 2.45) is 5.73 Å². The Morgan fingerprint density at radius 3 is 2.62 bits per heavy atom. The number of carbonyl (C=O) groups is 1. The third kappa shape index (κ3) is 3.79. The van der Waals surface area contributed by atoms with Crippen molar-refractivity contribution in [2.45, 2.75) is 13.0 Å². The Morgan fingerprint density at radius 1 is 1.33 bits per heavy atom. The molecule has 0 fully saturated rings. The largest absolute Gasteiger partial charge is 0.364 e. The Kier molecular flexibility index (Phi) is 4.54. The number of amides is 1. The van der Waals surface area contributed by atoms with Gasteiger partial charge in [0.1, 0.15) is 11.5 Å². The molecule has 0 saturated carbocycles. The number of hydrogen-bond donors (Lipinski definition) is 3. The number of rotatable bonds is 4. The van der Waals surface area contributed by atoms with Crippen molar-refractivity contribution in [1.82, 2.24) is 9.99 Å². The molecule has 1 heterocycles. The molecule has 7 heteroatoms. The summed E-state index contributed by atoms with van der Waals surface area (Å²) in [6.45, 7) is 1.89. The van der Waals surface area contributed by atoms with Gasteiger partial charge in [-0.25, -0.2) is 4.39 Å². The summed E-state index contributed by atoms with van der Waals surface area (Å²) >= 11 is 5.18. The second-order valence-corrected chi connectivity index (χ2v) is 4.89. The standard InChI is InChI=1S/C14H15FN4OS/c1-9(10-4-6-11(15)7-5-10)17-14(21)18-19-8-2-3-12(19)13(16)20/h2-9H,1H3,(H2,16,20)(H2,17,18,21). The van der Waals surface area contributed by atoms with E-state index in [0.29, 0.717) is 10.8 Å². The van der Waals surface area contributed by atoms with Gasteiger partial charge in [0.05, 0.1) is 6.04 Å². The van der Waals surface area contributed by atoms with Crippen LogP contribution in [0.1, 0.15) is 29.0 Å². The van der Waals surface area contributed by atoms with Gasteiger partial charge < -0.3 is 11.1 Å². The first-order valence-corrected chi connectivity index (χ1v) is 6.68. The van der Waals surface area contributed by atoms with Crippen LogP contribution >= 0.6 is 12.2 Å². The topological polar surface area (TPSA) is 72.1 Å². The van der Waals surface area contributed by atoms with Crippen molar-refractivity contribution in [1.29, 1.82) is 0 Å². The highest BCUT2D eigenvalue weighted by Gasteiger charge is 2.10. The van der Waals surface area contributed by atoms with Crippen molar-refractivity contribution in [3.8, 4) is 0 Å². The number of nitrogens with zero attached hydrogens (tertiary/aromatic N) is 1. The summed E-state index contributed by atoms with van der Waals surface area (Å²) in [5.74, 6) is -0.841. The van der Waals surface area contributed by atoms with Crippen molar-refractivity contribution in [3.05, 3.63) is 59.7 Å². The van der Waals surface area contributed by atoms with Gasteiger partial charge in [0.15, 0.2) is 5.11 Å². The average Bonchev–Trinajstić information content (AvgIpc) is 2.87. The molecule has 2 rings (SSSR count). The minimum Gasteiger partial charge on any atom is -0.364 e. The quantitative estimate of drug-likeness (QED) is 0.755. The molecule has 1 atom stereocenters. The lowest BCUT2D eigenvalue weighted by atomic mass is 10.1. The van der Waals surface area contributed by atoms with Crippen LogP contribution in [0.2, 0.25) is 0 Å². The minimum absolute atomic E-state index is 0.113. The van der Waals surface area contributed by atoms with Crippen LogP contribution in [0.15, 0.2) is 42.6 Å². The van der Waals surface area contributed by atoms with Crippen molar-refractivity contribution in [2.75, 3.05) is 5.43 Å². The maximum absolute atomic E-state index is 12.9. The molecule has 0 spiro atoms. The van der Waals surface area contributed by atoms with Crippen LogP contribution in [0.25, 0.3) is 0 Å². The molecule has 4 N–H and O–H groups in total. The lowest BCUT2D eigenvalue weighted by Crippen LogP contribution is -2.36. The minimum atomic E-state index is -0.554. The van der Waals surface area contributed by atoms with Gasteiger partial charge in [-0.05, 0) is 49.0 Å². The molecular weight excluding hydrogens is 291 g/mol. The van der Waals surface area contributed by atoms with E-state index in [1.807, 2.05) is 6.92 Å². The van der Waals surface area contributed by atoms with Gasteiger partial charge in [-0.3, -0.25) is 14.9 Å². The summed E-state index contributed by atoms with van der Waals surface area (Å²) in [7, 11) is 0. The molecule has 21 heavy (non-hydrogen) atoms. The summed E-state index contributed by atoms with van der Waals surface area (Å²) in [6.07, 6.45) is 1.64. The van der Waals surface area contributed by atoms with Gasteiger partial charge >= 0.3 is 0 Å². The molecule has 0 aliphatic carbocycles. The van der Waals surface area contributed by atoms with Crippen LogP contribution < -0.4 is 16.5 Å². The highest BCUT2D eigenvalue weighted by Crippen LogP contribution is 2.12. The zero-order valence-electron chi connectivity index (χ0n) is 11.3. The normalized spacial score (nSPS) is 11.7. The highest BCUT2D eigenvalue weighted by atomic mass is 32.1. The number of aromatic nitrogens is 1. The maximum Gasteiger partial charge on any atom is 0.267 e. The first kappa shape index (κ1) is 15.0. The molecule has 1 aromatic heterocycles. The number of nitrogens with one attached hydrogen (secondary N) is 2. The number of carbonyl (C=O) groups excluding carboxylic acids is 1. The summed E-state index contributed by atoms with van der Waals surface area (Å²) in [5.41, 5.74) is 9.28. The van der Waals surface area contributed by atoms with E-state index in [1.165, 1.54) is 16.8 Å². The molecule has 1 amide bonds. The summed E-state index contributed by atoms with van der Waals surface area (Å²) in [4.78, 5) is 11.2. The SMILES string of the molecule is CC(NC(=S)Nn1cccc1C(N)=O)c1ccc(F)cc1. The molecular formula is C14H15FN4OS. The van der Waals surface area contributed by atoms with Gasteiger partial charge in [0.2, 0.25) is 0 Å². The fraction of sp³-hybridized carbons (Fsp3) is 0.143. The van der Waals surface area contributed by atoms with Crippen LogP contribution in [0, 0.1) is 5.82 Å². The number of benzene rings is 1. The Hall–Kier alpha value is -2.41. The number of nitrogens with two attached hydrogens (primary N) is 1. The molecule has 110 valence electrons.